The first-order valence-electron chi connectivity index (χ1n) is 6.41. The molecule has 1 amide bonds. The molecule has 0 aliphatic carbocycles. The molecule has 2 atom stereocenters. The second-order valence-corrected chi connectivity index (χ2v) is 6.06. The molecule has 1 fully saturated rings. The van der Waals surface area contributed by atoms with Gasteiger partial charge in [0.2, 0.25) is 5.91 Å². The first-order valence-corrected chi connectivity index (χ1v) is 6.41. The normalized spacial score (nSPS) is 25.0. The number of nitrogens with zero attached hydrogens (tertiary/aromatic N) is 1. The number of hydrogen-bond acceptors (Lipinski definition) is 3. The molecule has 4 heteroatoms. The Morgan fingerprint density at radius 2 is 2.06 bits per heavy atom. The zero-order valence-electron chi connectivity index (χ0n) is 11.7. The standard InChI is InChI=1S/C13H26N2O2/c1-6-14-11-8-17-7-10(11)12(16)15(5)9-13(2,3)4/h10-11,14H,6-9H2,1-5H3. The molecular formula is C13H26N2O2. The smallest absolute Gasteiger partial charge is 0.229 e. The molecule has 100 valence electrons. The van der Waals surface area contributed by atoms with Crippen molar-refractivity contribution in [2.75, 3.05) is 33.4 Å². The first kappa shape index (κ1) is 14.5. The maximum atomic E-state index is 12.3. The van der Waals surface area contributed by atoms with Crippen LogP contribution in [0.3, 0.4) is 0 Å². The van der Waals surface area contributed by atoms with Gasteiger partial charge >= 0.3 is 0 Å². The zero-order valence-corrected chi connectivity index (χ0v) is 11.7. The van der Waals surface area contributed by atoms with E-state index in [0.717, 1.165) is 13.1 Å². The Morgan fingerprint density at radius 1 is 1.41 bits per heavy atom. The van der Waals surface area contributed by atoms with E-state index in [1.165, 1.54) is 0 Å². The Hall–Kier alpha value is -0.610. The predicted molar refractivity (Wildman–Crippen MR) is 68.9 cm³/mol. The summed E-state index contributed by atoms with van der Waals surface area (Å²) in [5, 5.41) is 3.32. The van der Waals surface area contributed by atoms with Crippen molar-refractivity contribution in [3.8, 4) is 0 Å². The van der Waals surface area contributed by atoms with Crippen molar-refractivity contribution in [3.63, 3.8) is 0 Å². The van der Waals surface area contributed by atoms with E-state index >= 15 is 0 Å². The van der Waals surface area contributed by atoms with Crippen LogP contribution >= 0.6 is 0 Å². The van der Waals surface area contributed by atoms with E-state index in [0.29, 0.717) is 13.2 Å². The number of hydrogen-bond donors (Lipinski definition) is 1. The molecule has 0 aromatic rings. The molecule has 1 N–H and O–H groups in total. The maximum absolute atomic E-state index is 12.3. The molecule has 0 bridgehead atoms. The quantitative estimate of drug-likeness (QED) is 0.803. The van der Waals surface area contributed by atoms with Crippen LogP contribution in [-0.2, 0) is 9.53 Å². The summed E-state index contributed by atoms with van der Waals surface area (Å²) in [4.78, 5) is 14.2. The Morgan fingerprint density at radius 3 is 2.59 bits per heavy atom. The molecule has 1 rings (SSSR count). The molecular weight excluding hydrogens is 216 g/mol. The number of nitrogens with one attached hydrogen (secondary N) is 1. The summed E-state index contributed by atoms with van der Waals surface area (Å²) in [5.41, 5.74) is 0.136. The monoisotopic (exact) mass is 242 g/mol. The summed E-state index contributed by atoms with van der Waals surface area (Å²) in [6.07, 6.45) is 0. The second-order valence-electron chi connectivity index (χ2n) is 6.06. The van der Waals surface area contributed by atoms with E-state index in [1.807, 2.05) is 11.9 Å². The van der Waals surface area contributed by atoms with Gasteiger partial charge in [-0.3, -0.25) is 4.79 Å². The van der Waals surface area contributed by atoms with Crippen molar-refractivity contribution >= 4 is 5.91 Å². The van der Waals surface area contributed by atoms with Gasteiger partial charge in [-0.1, -0.05) is 27.7 Å². The van der Waals surface area contributed by atoms with Crippen LogP contribution in [0.4, 0.5) is 0 Å². The van der Waals surface area contributed by atoms with Crippen LogP contribution in [0.5, 0.6) is 0 Å². The summed E-state index contributed by atoms with van der Waals surface area (Å²) in [6.45, 7) is 11.3. The minimum absolute atomic E-state index is 0.0256. The molecule has 17 heavy (non-hydrogen) atoms. The van der Waals surface area contributed by atoms with Gasteiger partial charge in [0.25, 0.3) is 0 Å². The highest BCUT2D eigenvalue weighted by atomic mass is 16.5. The van der Waals surface area contributed by atoms with Crippen molar-refractivity contribution in [2.24, 2.45) is 11.3 Å². The first-order chi connectivity index (χ1) is 7.85. The van der Waals surface area contributed by atoms with Crippen LogP contribution in [0.2, 0.25) is 0 Å². The van der Waals surface area contributed by atoms with Gasteiger partial charge in [0.1, 0.15) is 0 Å². The van der Waals surface area contributed by atoms with Gasteiger partial charge in [-0.15, -0.1) is 0 Å². The number of ether oxygens (including phenoxy) is 1. The van der Waals surface area contributed by atoms with Crippen molar-refractivity contribution in [1.29, 1.82) is 0 Å². The fraction of sp³-hybridized carbons (Fsp3) is 0.923. The highest BCUT2D eigenvalue weighted by Gasteiger charge is 2.35. The fourth-order valence-corrected chi connectivity index (χ4v) is 2.33. The third kappa shape index (κ3) is 4.28. The van der Waals surface area contributed by atoms with E-state index in [2.05, 4.69) is 33.0 Å². The molecule has 1 aliphatic rings. The van der Waals surface area contributed by atoms with Crippen LogP contribution in [0.1, 0.15) is 27.7 Å². The van der Waals surface area contributed by atoms with Crippen LogP contribution in [0, 0.1) is 11.3 Å². The van der Waals surface area contributed by atoms with Gasteiger partial charge in [-0.25, -0.2) is 0 Å². The lowest BCUT2D eigenvalue weighted by molar-refractivity contribution is -0.135. The summed E-state index contributed by atoms with van der Waals surface area (Å²) in [5.74, 6) is 0.172. The molecule has 0 radical (unpaired) electrons. The average Bonchev–Trinajstić information content (AvgIpc) is 2.62. The average molecular weight is 242 g/mol. The van der Waals surface area contributed by atoms with Crippen LogP contribution in [-0.4, -0.2) is 50.2 Å². The lowest BCUT2D eigenvalue weighted by Crippen LogP contribution is -2.46. The second kappa shape index (κ2) is 5.83. The van der Waals surface area contributed by atoms with Crippen LogP contribution in [0.15, 0.2) is 0 Å². The van der Waals surface area contributed by atoms with E-state index in [4.69, 9.17) is 4.74 Å². The van der Waals surface area contributed by atoms with Crippen molar-refractivity contribution in [1.82, 2.24) is 10.2 Å². The zero-order chi connectivity index (χ0) is 13.1. The van der Waals surface area contributed by atoms with Crippen molar-refractivity contribution in [3.05, 3.63) is 0 Å². The molecule has 0 aromatic heterocycles. The number of likely N-dealkylation sites (N-methyl/N-ethyl adjacent to an activating group) is 1. The Balaban J connectivity index is 2.56. The molecule has 0 spiro atoms. The third-order valence-electron chi connectivity index (χ3n) is 2.95. The van der Waals surface area contributed by atoms with Crippen molar-refractivity contribution < 1.29 is 9.53 Å². The summed E-state index contributed by atoms with van der Waals surface area (Å²) in [7, 11) is 1.88. The fourth-order valence-electron chi connectivity index (χ4n) is 2.33. The number of carbonyl (C=O) groups excluding carboxylic acids is 1. The summed E-state index contributed by atoms with van der Waals surface area (Å²) in [6, 6.07) is 0.176. The predicted octanol–water partition coefficient (Wildman–Crippen LogP) is 1.12. The molecule has 1 aliphatic heterocycles. The van der Waals surface area contributed by atoms with Gasteiger partial charge in [0.05, 0.1) is 19.1 Å². The molecule has 1 heterocycles. The van der Waals surface area contributed by atoms with Crippen molar-refractivity contribution in [2.45, 2.75) is 33.7 Å². The third-order valence-corrected chi connectivity index (χ3v) is 2.95. The largest absolute Gasteiger partial charge is 0.379 e. The Labute approximate surface area is 105 Å². The highest BCUT2D eigenvalue weighted by molar-refractivity contribution is 5.79. The molecule has 0 saturated carbocycles. The molecule has 0 aromatic carbocycles. The van der Waals surface area contributed by atoms with Gasteiger partial charge in [0.15, 0.2) is 0 Å². The molecule has 4 nitrogen and oxygen atoms in total. The Bertz CT molecular complexity index is 261. The lowest BCUT2D eigenvalue weighted by Gasteiger charge is -2.29. The van der Waals surface area contributed by atoms with E-state index in [-0.39, 0.29) is 23.3 Å². The molecule has 1 saturated heterocycles. The molecule has 2 unspecified atom stereocenters. The minimum atomic E-state index is -0.0256. The number of rotatable bonds is 4. The van der Waals surface area contributed by atoms with E-state index < -0.39 is 0 Å². The summed E-state index contributed by atoms with van der Waals surface area (Å²) >= 11 is 0. The van der Waals surface area contributed by atoms with Crippen LogP contribution < -0.4 is 5.32 Å². The Kier molecular flexibility index (Phi) is 4.95. The lowest BCUT2D eigenvalue weighted by atomic mass is 9.94. The minimum Gasteiger partial charge on any atom is -0.379 e. The SMILES string of the molecule is CCNC1COCC1C(=O)N(C)CC(C)(C)C. The number of carbonyl (C=O) groups is 1. The maximum Gasteiger partial charge on any atom is 0.229 e. The van der Waals surface area contributed by atoms with E-state index in [1.54, 1.807) is 0 Å². The van der Waals surface area contributed by atoms with Crippen LogP contribution in [0.25, 0.3) is 0 Å². The number of amides is 1. The van der Waals surface area contributed by atoms with Gasteiger partial charge in [-0.05, 0) is 12.0 Å². The van der Waals surface area contributed by atoms with Gasteiger partial charge in [0, 0.05) is 19.6 Å². The topological polar surface area (TPSA) is 41.6 Å². The summed E-state index contributed by atoms with van der Waals surface area (Å²) < 4.78 is 5.41. The van der Waals surface area contributed by atoms with Gasteiger partial charge < -0.3 is 15.0 Å². The highest BCUT2D eigenvalue weighted by Crippen LogP contribution is 2.20. The van der Waals surface area contributed by atoms with E-state index in [9.17, 15) is 4.79 Å². The van der Waals surface area contributed by atoms with Gasteiger partial charge in [-0.2, -0.15) is 0 Å².